The molecule has 1 aromatic heterocycles. The molecule has 0 unspecified atom stereocenters. The SMILES string of the molecule is CCCCCCCCCCCCC[n+]1ccn(CCCCCCCCC)c1C. The molecule has 0 atom stereocenters. The topological polar surface area (TPSA) is 8.81 Å². The molecule has 0 aliphatic heterocycles. The molecule has 0 radical (unpaired) electrons. The molecule has 1 heterocycles. The summed E-state index contributed by atoms with van der Waals surface area (Å²) in [5.74, 6) is 1.44. The van der Waals surface area contributed by atoms with Gasteiger partial charge in [-0.1, -0.05) is 104 Å². The first-order valence-electron chi connectivity index (χ1n) is 12.8. The quantitative estimate of drug-likeness (QED) is 0.157. The summed E-state index contributed by atoms with van der Waals surface area (Å²) in [6.07, 6.45) is 30.0. The van der Waals surface area contributed by atoms with Gasteiger partial charge in [-0.25, -0.2) is 9.13 Å². The summed E-state index contributed by atoms with van der Waals surface area (Å²) in [5.41, 5.74) is 0. The van der Waals surface area contributed by atoms with Crippen LogP contribution in [0.3, 0.4) is 0 Å². The molecule has 0 spiro atoms. The Morgan fingerprint density at radius 3 is 1.54 bits per heavy atom. The second kappa shape index (κ2) is 18.3. The van der Waals surface area contributed by atoms with E-state index in [9.17, 15) is 0 Å². The largest absolute Gasteiger partial charge is 0.253 e. The average molecular weight is 392 g/mol. The standard InChI is InChI=1S/C26H51N2/c1-4-6-8-10-12-13-14-15-17-19-21-23-28-25-24-27(26(28)3)22-20-18-16-11-9-7-5-2/h24-25H,4-23H2,1-3H3/q+1. The van der Waals surface area contributed by atoms with E-state index >= 15 is 0 Å². The van der Waals surface area contributed by atoms with Gasteiger partial charge >= 0.3 is 0 Å². The summed E-state index contributed by atoms with van der Waals surface area (Å²) >= 11 is 0. The summed E-state index contributed by atoms with van der Waals surface area (Å²) in [5, 5.41) is 0. The van der Waals surface area contributed by atoms with Crippen molar-refractivity contribution in [3.63, 3.8) is 0 Å². The highest BCUT2D eigenvalue weighted by Gasteiger charge is 2.11. The fourth-order valence-electron chi connectivity index (χ4n) is 4.20. The molecule has 2 nitrogen and oxygen atoms in total. The summed E-state index contributed by atoms with van der Waals surface area (Å²) in [4.78, 5) is 0. The number of aromatic nitrogens is 2. The van der Waals surface area contributed by atoms with Gasteiger partial charge in [-0.2, -0.15) is 0 Å². The number of hydrogen-bond donors (Lipinski definition) is 0. The van der Waals surface area contributed by atoms with Crippen molar-refractivity contribution >= 4 is 0 Å². The summed E-state index contributed by atoms with van der Waals surface area (Å²) in [6.45, 7) is 9.28. The fraction of sp³-hybridized carbons (Fsp3) is 0.885. The molecule has 0 bridgehead atoms. The van der Waals surface area contributed by atoms with Crippen LogP contribution in [0.2, 0.25) is 0 Å². The smallest absolute Gasteiger partial charge is 0.234 e. The number of imidazole rings is 1. The van der Waals surface area contributed by atoms with E-state index < -0.39 is 0 Å². The molecule has 0 saturated heterocycles. The van der Waals surface area contributed by atoms with Crippen LogP contribution in [0, 0.1) is 6.92 Å². The van der Waals surface area contributed by atoms with Gasteiger partial charge in [0.25, 0.3) is 5.82 Å². The first kappa shape index (κ1) is 25.2. The molecule has 164 valence electrons. The van der Waals surface area contributed by atoms with Crippen LogP contribution in [0.5, 0.6) is 0 Å². The molecule has 0 N–H and O–H groups in total. The van der Waals surface area contributed by atoms with E-state index in [0.29, 0.717) is 0 Å². The zero-order valence-electron chi connectivity index (χ0n) is 19.7. The maximum absolute atomic E-state index is 2.47. The molecular weight excluding hydrogens is 340 g/mol. The Balaban J connectivity index is 1.99. The highest BCUT2D eigenvalue weighted by Crippen LogP contribution is 2.12. The Morgan fingerprint density at radius 2 is 1.04 bits per heavy atom. The minimum atomic E-state index is 1.20. The van der Waals surface area contributed by atoms with Crippen molar-refractivity contribution in [1.82, 2.24) is 4.57 Å². The van der Waals surface area contributed by atoms with E-state index in [2.05, 4.69) is 42.3 Å². The molecule has 0 fully saturated rings. The summed E-state index contributed by atoms with van der Waals surface area (Å²) < 4.78 is 4.93. The zero-order chi connectivity index (χ0) is 20.3. The van der Waals surface area contributed by atoms with Crippen molar-refractivity contribution < 1.29 is 4.57 Å². The van der Waals surface area contributed by atoms with Crippen LogP contribution in [-0.2, 0) is 13.1 Å². The van der Waals surface area contributed by atoms with E-state index in [1.165, 1.54) is 134 Å². The molecule has 28 heavy (non-hydrogen) atoms. The first-order chi connectivity index (χ1) is 13.8. The molecule has 1 rings (SSSR count). The third-order valence-electron chi connectivity index (χ3n) is 6.26. The number of nitrogens with zero attached hydrogens (tertiary/aromatic N) is 2. The lowest BCUT2D eigenvalue weighted by Crippen LogP contribution is -2.35. The van der Waals surface area contributed by atoms with Gasteiger partial charge in [-0.15, -0.1) is 0 Å². The normalized spacial score (nSPS) is 11.4. The van der Waals surface area contributed by atoms with Gasteiger partial charge in [-0.05, 0) is 25.7 Å². The van der Waals surface area contributed by atoms with Crippen molar-refractivity contribution in [2.45, 2.75) is 149 Å². The van der Waals surface area contributed by atoms with E-state index in [1.54, 1.807) is 0 Å². The minimum absolute atomic E-state index is 1.20. The third-order valence-corrected chi connectivity index (χ3v) is 6.26. The average Bonchev–Trinajstić information content (AvgIpc) is 3.05. The van der Waals surface area contributed by atoms with Crippen molar-refractivity contribution in [2.75, 3.05) is 0 Å². The minimum Gasteiger partial charge on any atom is -0.234 e. The Labute approximate surface area is 177 Å². The van der Waals surface area contributed by atoms with Gasteiger partial charge in [0.15, 0.2) is 0 Å². The lowest BCUT2D eigenvalue weighted by Gasteiger charge is -2.04. The van der Waals surface area contributed by atoms with Crippen LogP contribution in [0.1, 0.15) is 135 Å². The third kappa shape index (κ3) is 12.6. The lowest BCUT2D eigenvalue weighted by molar-refractivity contribution is -0.702. The Morgan fingerprint density at radius 1 is 0.607 bits per heavy atom. The Bertz CT molecular complexity index is 449. The Kier molecular flexibility index (Phi) is 16.5. The van der Waals surface area contributed by atoms with Gasteiger partial charge in [0, 0.05) is 6.92 Å². The molecule has 2 heteroatoms. The highest BCUT2D eigenvalue weighted by molar-refractivity contribution is 4.79. The molecule has 1 aromatic rings. The second-order valence-electron chi connectivity index (χ2n) is 8.89. The van der Waals surface area contributed by atoms with Crippen molar-refractivity contribution in [3.8, 4) is 0 Å². The van der Waals surface area contributed by atoms with Crippen molar-refractivity contribution in [2.24, 2.45) is 0 Å². The monoisotopic (exact) mass is 391 g/mol. The number of aryl methyl sites for hydroxylation is 2. The molecule has 0 aliphatic carbocycles. The van der Waals surface area contributed by atoms with Crippen LogP contribution in [0.25, 0.3) is 0 Å². The van der Waals surface area contributed by atoms with Crippen LogP contribution in [-0.4, -0.2) is 4.57 Å². The van der Waals surface area contributed by atoms with E-state index in [4.69, 9.17) is 0 Å². The molecule has 0 aliphatic rings. The number of hydrogen-bond acceptors (Lipinski definition) is 0. The number of rotatable bonds is 20. The molecule has 0 aromatic carbocycles. The maximum Gasteiger partial charge on any atom is 0.253 e. The van der Waals surface area contributed by atoms with Crippen molar-refractivity contribution in [1.29, 1.82) is 0 Å². The summed E-state index contributed by atoms with van der Waals surface area (Å²) in [6, 6.07) is 0. The molecule has 0 saturated carbocycles. The van der Waals surface area contributed by atoms with E-state index in [-0.39, 0.29) is 0 Å². The fourth-order valence-corrected chi connectivity index (χ4v) is 4.20. The predicted octanol–water partition coefficient (Wildman–Crippen LogP) is 8.15. The number of unbranched alkanes of at least 4 members (excludes halogenated alkanes) is 16. The van der Waals surface area contributed by atoms with E-state index in [1.807, 2.05) is 0 Å². The summed E-state index contributed by atoms with van der Waals surface area (Å²) in [7, 11) is 0. The first-order valence-corrected chi connectivity index (χ1v) is 12.8. The molecular formula is C26H51N2+. The maximum atomic E-state index is 2.47. The van der Waals surface area contributed by atoms with Gasteiger partial charge in [-0.3, -0.25) is 0 Å². The highest BCUT2D eigenvalue weighted by atomic mass is 15.1. The van der Waals surface area contributed by atoms with Crippen LogP contribution < -0.4 is 4.57 Å². The van der Waals surface area contributed by atoms with Gasteiger partial charge in [0.1, 0.15) is 12.4 Å². The van der Waals surface area contributed by atoms with Crippen LogP contribution in [0.4, 0.5) is 0 Å². The van der Waals surface area contributed by atoms with Crippen molar-refractivity contribution in [3.05, 3.63) is 18.2 Å². The predicted molar refractivity (Wildman–Crippen MR) is 124 cm³/mol. The van der Waals surface area contributed by atoms with Crippen LogP contribution in [0.15, 0.2) is 12.4 Å². The Hall–Kier alpha value is -0.790. The zero-order valence-corrected chi connectivity index (χ0v) is 19.7. The van der Waals surface area contributed by atoms with Gasteiger partial charge < -0.3 is 0 Å². The second-order valence-corrected chi connectivity index (χ2v) is 8.89. The lowest BCUT2D eigenvalue weighted by atomic mass is 10.1. The van der Waals surface area contributed by atoms with Gasteiger partial charge in [0.05, 0.1) is 13.1 Å². The van der Waals surface area contributed by atoms with E-state index in [0.717, 1.165) is 0 Å². The van der Waals surface area contributed by atoms with Gasteiger partial charge in [0.2, 0.25) is 0 Å². The molecule has 0 amide bonds. The van der Waals surface area contributed by atoms with Crippen LogP contribution >= 0.6 is 0 Å².